The summed E-state index contributed by atoms with van der Waals surface area (Å²) in [5.41, 5.74) is 0.597. The summed E-state index contributed by atoms with van der Waals surface area (Å²) < 4.78 is 36.6. The van der Waals surface area contributed by atoms with Gasteiger partial charge in [0, 0.05) is 12.7 Å². The number of halogens is 1. The quantitative estimate of drug-likeness (QED) is 0.833. The van der Waals surface area contributed by atoms with Gasteiger partial charge in [0.1, 0.15) is 5.82 Å². The van der Waals surface area contributed by atoms with Gasteiger partial charge in [0.25, 0.3) is 0 Å². The smallest absolute Gasteiger partial charge is 0.303 e. The number of carbonyl (C=O) groups is 1. The van der Waals surface area contributed by atoms with Crippen molar-refractivity contribution in [1.29, 1.82) is 0 Å². The predicted molar refractivity (Wildman–Crippen MR) is 64.8 cm³/mol. The lowest BCUT2D eigenvalue weighted by atomic mass is 10.1. The fourth-order valence-electron chi connectivity index (χ4n) is 1.72. The number of hydrogen-bond donors (Lipinski definition) is 1. The maximum Gasteiger partial charge on any atom is 0.303 e. The zero-order chi connectivity index (χ0) is 13.9. The minimum Gasteiger partial charge on any atom is -0.481 e. The zero-order valence-corrected chi connectivity index (χ0v) is 11.1. The summed E-state index contributed by atoms with van der Waals surface area (Å²) in [4.78, 5) is 10.5. The molecule has 0 unspecified atom stereocenters. The van der Waals surface area contributed by atoms with Gasteiger partial charge in [-0.25, -0.2) is 12.8 Å². The average molecular weight is 274 g/mol. The van der Waals surface area contributed by atoms with Crippen LogP contribution in [0.2, 0.25) is 0 Å². The van der Waals surface area contributed by atoms with E-state index in [4.69, 9.17) is 5.11 Å². The van der Waals surface area contributed by atoms with E-state index in [1.165, 1.54) is 19.1 Å². The molecule has 1 aromatic carbocycles. The highest BCUT2D eigenvalue weighted by atomic mass is 32.2. The van der Waals surface area contributed by atoms with Crippen LogP contribution >= 0.6 is 0 Å². The topological polar surface area (TPSA) is 71.4 Å². The Balaban J connectivity index is 3.02. The van der Waals surface area contributed by atoms with Gasteiger partial charge in [0.2, 0.25) is 0 Å². The molecule has 1 aromatic rings. The van der Waals surface area contributed by atoms with Crippen LogP contribution in [0.1, 0.15) is 24.0 Å². The molecule has 0 saturated heterocycles. The Morgan fingerprint density at radius 1 is 1.39 bits per heavy atom. The third-order valence-corrected chi connectivity index (χ3v) is 3.82. The minimum atomic E-state index is -3.40. The van der Waals surface area contributed by atoms with Crippen LogP contribution in [0.4, 0.5) is 4.39 Å². The lowest BCUT2D eigenvalue weighted by molar-refractivity contribution is -0.137. The molecule has 0 spiro atoms. The maximum atomic E-state index is 13.6. The van der Waals surface area contributed by atoms with E-state index in [9.17, 15) is 17.6 Å². The third-order valence-electron chi connectivity index (χ3n) is 2.58. The van der Waals surface area contributed by atoms with Crippen LogP contribution in [0, 0.1) is 12.7 Å². The highest BCUT2D eigenvalue weighted by Gasteiger charge is 2.15. The molecule has 1 rings (SSSR count). The zero-order valence-electron chi connectivity index (χ0n) is 10.2. The molecule has 0 radical (unpaired) electrons. The first kappa shape index (κ1) is 14.6. The third kappa shape index (κ3) is 3.80. The van der Waals surface area contributed by atoms with E-state index in [1.54, 1.807) is 0 Å². The van der Waals surface area contributed by atoms with Crippen molar-refractivity contribution in [2.24, 2.45) is 0 Å². The van der Waals surface area contributed by atoms with E-state index < -0.39 is 21.6 Å². The lowest BCUT2D eigenvalue weighted by Crippen LogP contribution is -2.04. The molecule has 0 bridgehead atoms. The Morgan fingerprint density at radius 2 is 2.00 bits per heavy atom. The van der Waals surface area contributed by atoms with Crippen molar-refractivity contribution in [3.8, 4) is 0 Å². The summed E-state index contributed by atoms with van der Waals surface area (Å²) in [5, 5.41) is 8.50. The molecule has 4 nitrogen and oxygen atoms in total. The number of rotatable bonds is 5. The Bertz CT molecular complexity index is 564. The van der Waals surface area contributed by atoms with Crippen LogP contribution in [0.3, 0.4) is 0 Å². The predicted octanol–water partition coefficient (Wildman–Crippen LogP) is 1.94. The molecule has 0 aliphatic heterocycles. The van der Waals surface area contributed by atoms with E-state index in [-0.39, 0.29) is 29.7 Å². The molecule has 18 heavy (non-hydrogen) atoms. The Labute approximate surface area is 105 Å². The molecule has 0 aliphatic rings. The summed E-state index contributed by atoms with van der Waals surface area (Å²) in [5.74, 6) is -1.45. The van der Waals surface area contributed by atoms with E-state index in [0.29, 0.717) is 5.56 Å². The largest absolute Gasteiger partial charge is 0.481 e. The standard InChI is InChI=1S/C12H15FO4S/c1-8-6-10(13)9(4-3-5-12(14)15)7-11(8)18(2,16)17/h6-7H,3-5H2,1-2H3,(H,14,15). The summed E-state index contributed by atoms with van der Waals surface area (Å²) in [6.45, 7) is 1.53. The number of carboxylic acid groups (broad SMARTS) is 1. The summed E-state index contributed by atoms with van der Waals surface area (Å²) >= 11 is 0. The summed E-state index contributed by atoms with van der Waals surface area (Å²) in [7, 11) is -3.40. The van der Waals surface area contributed by atoms with Gasteiger partial charge in [0.15, 0.2) is 9.84 Å². The van der Waals surface area contributed by atoms with Crippen LogP contribution in [0.15, 0.2) is 17.0 Å². The van der Waals surface area contributed by atoms with Gasteiger partial charge in [-0.3, -0.25) is 4.79 Å². The molecule has 0 amide bonds. The van der Waals surface area contributed by atoms with Gasteiger partial charge in [-0.2, -0.15) is 0 Å². The molecule has 0 fully saturated rings. The number of carboxylic acids is 1. The summed E-state index contributed by atoms with van der Waals surface area (Å²) in [6, 6.07) is 2.47. The Hall–Kier alpha value is -1.43. The van der Waals surface area contributed by atoms with E-state index >= 15 is 0 Å². The Kier molecular flexibility index (Phi) is 4.45. The second-order valence-corrected chi connectivity index (χ2v) is 6.21. The fourth-order valence-corrected chi connectivity index (χ4v) is 2.72. The molecule has 0 heterocycles. The molecule has 6 heteroatoms. The van der Waals surface area contributed by atoms with E-state index in [2.05, 4.69) is 0 Å². The van der Waals surface area contributed by atoms with Crippen LogP contribution in [-0.4, -0.2) is 25.7 Å². The lowest BCUT2D eigenvalue weighted by Gasteiger charge is -2.08. The fraction of sp³-hybridized carbons (Fsp3) is 0.417. The van der Waals surface area contributed by atoms with Crippen molar-refractivity contribution in [2.45, 2.75) is 31.1 Å². The monoisotopic (exact) mass is 274 g/mol. The second-order valence-electron chi connectivity index (χ2n) is 4.23. The maximum absolute atomic E-state index is 13.6. The number of aliphatic carboxylic acids is 1. The van der Waals surface area contributed by atoms with Crippen LogP contribution in [0.5, 0.6) is 0 Å². The van der Waals surface area contributed by atoms with Crippen LogP contribution < -0.4 is 0 Å². The van der Waals surface area contributed by atoms with Crippen molar-refractivity contribution in [3.63, 3.8) is 0 Å². The molecule has 0 saturated carbocycles. The van der Waals surface area contributed by atoms with Gasteiger partial charge >= 0.3 is 5.97 Å². The minimum absolute atomic E-state index is 0.0679. The van der Waals surface area contributed by atoms with Crippen molar-refractivity contribution in [2.75, 3.05) is 6.26 Å². The highest BCUT2D eigenvalue weighted by molar-refractivity contribution is 7.90. The number of benzene rings is 1. The van der Waals surface area contributed by atoms with Crippen molar-refractivity contribution >= 4 is 15.8 Å². The molecule has 0 aromatic heterocycles. The SMILES string of the molecule is Cc1cc(F)c(CCCC(=O)O)cc1S(C)(=O)=O. The molecular weight excluding hydrogens is 259 g/mol. The van der Waals surface area contributed by atoms with Crippen molar-refractivity contribution in [1.82, 2.24) is 0 Å². The number of aryl methyl sites for hydroxylation is 2. The highest BCUT2D eigenvalue weighted by Crippen LogP contribution is 2.21. The van der Waals surface area contributed by atoms with Gasteiger partial charge < -0.3 is 5.11 Å². The van der Waals surface area contributed by atoms with Gasteiger partial charge in [-0.15, -0.1) is 0 Å². The average Bonchev–Trinajstić information content (AvgIpc) is 2.18. The van der Waals surface area contributed by atoms with Crippen molar-refractivity contribution in [3.05, 3.63) is 29.1 Å². The first-order chi connectivity index (χ1) is 8.21. The molecule has 0 atom stereocenters. The number of sulfone groups is 1. The molecular formula is C12H15FO4S. The van der Waals surface area contributed by atoms with Crippen LogP contribution in [0.25, 0.3) is 0 Å². The second kappa shape index (κ2) is 5.48. The van der Waals surface area contributed by atoms with E-state index in [0.717, 1.165) is 6.26 Å². The Morgan fingerprint density at radius 3 is 2.50 bits per heavy atom. The first-order valence-corrected chi connectivity index (χ1v) is 7.32. The van der Waals surface area contributed by atoms with E-state index in [1.807, 2.05) is 0 Å². The first-order valence-electron chi connectivity index (χ1n) is 5.42. The molecule has 0 aliphatic carbocycles. The normalized spacial score (nSPS) is 11.5. The molecule has 1 N–H and O–H groups in total. The van der Waals surface area contributed by atoms with Crippen LogP contribution in [-0.2, 0) is 21.1 Å². The van der Waals surface area contributed by atoms with Gasteiger partial charge in [-0.1, -0.05) is 0 Å². The van der Waals surface area contributed by atoms with Gasteiger partial charge in [0.05, 0.1) is 4.90 Å². The van der Waals surface area contributed by atoms with Crippen molar-refractivity contribution < 1.29 is 22.7 Å². The summed E-state index contributed by atoms with van der Waals surface area (Å²) in [6.07, 6.45) is 1.48. The molecule has 100 valence electrons. The van der Waals surface area contributed by atoms with Gasteiger partial charge in [-0.05, 0) is 43.0 Å². The number of hydrogen-bond acceptors (Lipinski definition) is 3.